The summed E-state index contributed by atoms with van der Waals surface area (Å²) >= 11 is 0. The Morgan fingerprint density at radius 2 is 2.33 bits per heavy atom. The Morgan fingerprint density at radius 3 is 2.95 bits per heavy atom. The fourth-order valence-corrected chi connectivity index (χ4v) is 2.55. The number of rotatable bonds is 5. The number of amidine groups is 1. The van der Waals surface area contributed by atoms with Gasteiger partial charge < -0.3 is 15.7 Å². The molecular weight excluding hydrogens is 273 g/mol. The number of ether oxygens (including phenoxy) is 1. The van der Waals surface area contributed by atoms with Gasteiger partial charge in [0.05, 0.1) is 6.10 Å². The van der Waals surface area contributed by atoms with E-state index in [4.69, 9.17) is 15.7 Å². The topological polar surface area (TPSA) is 71.1 Å². The van der Waals surface area contributed by atoms with E-state index in [0.29, 0.717) is 17.7 Å². The summed E-state index contributed by atoms with van der Waals surface area (Å²) in [5, 5.41) is 11.5. The molecule has 1 aliphatic heterocycles. The van der Waals surface area contributed by atoms with Gasteiger partial charge in [-0.05, 0) is 32.4 Å². The normalized spacial score (nSPS) is 20.0. The first-order chi connectivity index (χ1) is 10.1. The van der Waals surface area contributed by atoms with E-state index in [-0.39, 0.29) is 17.8 Å². The fraction of sp³-hybridized carbons (Fsp3) is 0.533. The Bertz CT molecular complexity index is 502. The average Bonchev–Trinajstić information content (AvgIpc) is 2.49. The van der Waals surface area contributed by atoms with Crippen molar-refractivity contribution >= 4 is 5.84 Å². The number of hydrogen-bond acceptors (Lipinski definition) is 4. The number of likely N-dealkylation sites (N-methyl/N-ethyl adjacent to an activating group) is 1. The summed E-state index contributed by atoms with van der Waals surface area (Å²) in [6.45, 7) is 2.12. The molecule has 0 amide bonds. The Balaban J connectivity index is 1.95. The highest BCUT2D eigenvalue weighted by Crippen LogP contribution is 2.16. The number of benzene rings is 1. The number of hydrogen-bond donors (Lipinski definition) is 2. The highest BCUT2D eigenvalue weighted by molar-refractivity contribution is 5.97. The van der Waals surface area contributed by atoms with Gasteiger partial charge in [0.25, 0.3) is 0 Å². The van der Waals surface area contributed by atoms with Crippen molar-refractivity contribution in [2.45, 2.75) is 31.9 Å². The molecule has 1 aliphatic rings. The first-order valence-corrected chi connectivity index (χ1v) is 7.16. The molecule has 21 heavy (non-hydrogen) atoms. The summed E-state index contributed by atoms with van der Waals surface area (Å²) < 4.78 is 19.7. The molecule has 0 saturated carbocycles. The predicted molar refractivity (Wildman–Crippen MR) is 78.8 cm³/mol. The standard InChI is InChI=1S/C15H22FN3O2/c1-19(10-13-4-2-3-7-21-13)9-12-6-5-11(8-14(12)16)15(17)18-20/h5-6,8,13,20H,2-4,7,9-10H2,1H3,(H2,17,18). The zero-order valence-corrected chi connectivity index (χ0v) is 12.3. The van der Waals surface area contributed by atoms with E-state index in [0.717, 1.165) is 26.0 Å². The summed E-state index contributed by atoms with van der Waals surface area (Å²) in [6, 6.07) is 4.61. The number of oxime groups is 1. The van der Waals surface area contributed by atoms with Gasteiger partial charge in [-0.25, -0.2) is 4.39 Å². The van der Waals surface area contributed by atoms with Gasteiger partial charge in [0.1, 0.15) is 5.82 Å². The molecule has 116 valence electrons. The van der Waals surface area contributed by atoms with E-state index in [1.807, 2.05) is 7.05 Å². The van der Waals surface area contributed by atoms with Crippen molar-refractivity contribution in [3.05, 3.63) is 35.1 Å². The van der Waals surface area contributed by atoms with Crippen LogP contribution in [0.1, 0.15) is 30.4 Å². The maximum Gasteiger partial charge on any atom is 0.170 e. The highest BCUT2D eigenvalue weighted by Gasteiger charge is 2.17. The highest BCUT2D eigenvalue weighted by atomic mass is 19.1. The van der Waals surface area contributed by atoms with Crippen LogP contribution in [0.25, 0.3) is 0 Å². The minimum Gasteiger partial charge on any atom is -0.409 e. The fourth-order valence-electron chi connectivity index (χ4n) is 2.55. The molecule has 2 rings (SSSR count). The molecule has 1 unspecified atom stereocenters. The Labute approximate surface area is 124 Å². The Kier molecular flexibility index (Phi) is 5.52. The third-order valence-corrected chi connectivity index (χ3v) is 3.69. The van der Waals surface area contributed by atoms with Crippen LogP contribution in [-0.2, 0) is 11.3 Å². The first-order valence-electron chi connectivity index (χ1n) is 7.16. The summed E-state index contributed by atoms with van der Waals surface area (Å²) in [6.07, 6.45) is 3.63. The molecule has 0 spiro atoms. The van der Waals surface area contributed by atoms with E-state index in [9.17, 15) is 4.39 Å². The largest absolute Gasteiger partial charge is 0.409 e. The second kappa shape index (κ2) is 7.38. The monoisotopic (exact) mass is 295 g/mol. The molecule has 0 radical (unpaired) electrons. The molecule has 1 heterocycles. The summed E-state index contributed by atoms with van der Waals surface area (Å²) in [5.74, 6) is -0.445. The number of halogens is 1. The van der Waals surface area contributed by atoms with Crippen LogP contribution in [0, 0.1) is 5.82 Å². The average molecular weight is 295 g/mol. The van der Waals surface area contributed by atoms with Gasteiger partial charge in [0, 0.05) is 30.8 Å². The molecule has 1 saturated heterocycles. The molecule has 1 atom stereocenters. The van der Waals surface area contributed by atoms with Gasteiger partial charge in [-0.1, -0.05) is 17.3 Å². The van der Waals surface area contributed by atoms with E-state index >= 15 is 0 Å². The van der Waals surface area contributed by atoms with Gasteiger partial charge in [0.2, 0.25) is 0 Å². The summed E-state index contributed by atoms with van der Waals surface area (Å²) in [7, 11) is 1.95. The lowest BCUT2D eigenvalue weighted by molar-refractivity contribution is -0.00272. The van der Waals surface area contributed by atoms with Crippen molar-refractivity contribution in [1.82, 2.24) is 4.90 Å². The van der Waals surface area contributed by atoms with Crippen molar-refractivity contribution < 1.29 is 14.3 Å². The third kappa shape index (κ3) is 4.41. The lowest BCUT2D eigenvalue weighted by atomic mass is 10.1. The zero-order chi connectivity index (χ0) is 15.2. The Morgan fingerprint density at radius 1 is 1.52 bits per heavy atom. The molecule has 1 aromatic rings. The third-order valence-electron chi connectivity index (χ3n) is 3.69. The van der Waals surface area contributed by atoms with Crippen LogP contribution in [0.5, 0.6) is 0 Å². The molecule has 6 heteroatoms. The molecule has 5 nitrogen and oxygen atoms in total. The smallest absolute Gasteiger partial charge is 0.170 e. The Hall–Kier alpha value is -1.66. The molecule has 0 bridgehead atoms. The zero-order valence-electron chi connectivity index (χ0n) is 12.3. The molecular formula is C15H22FN3O2. The maximum absolute atomic E-state index is 14.0. The van der Waals surface area contributed by atoms with Crippen molar-refractivity contribution in [2.75, 3.05) is 20.2 Å². The number of nitrogens with zero attached hydrogens (tertiary/aromatic N) is 2. The maximum atomic E-state index is 14.0. The van der Waals surface area contributed by atoms with E-state index in [1.165, 1.54) is 12.5 Å². The van der Waals surface area contributed by atoms with Crippen molar-refractivity contribution in [1.29, 1.82) is 0 Å². The van der Waals surface area contributed by atoms with Crippen molar-refractivity contribution in [3.8, 4) is 0 Å². The van der Waals surface area contributed by atoms with E-state index in [1.54, 1.807) is 12.1 Å². The summed E-state index contributed by atoms with van der Waals surface area (Å²) in [5.41, 5.74) is 6.40. The SMILES string of the molecule is CN(Cc1ccc(C(N)=NO)cc1F)CC1CCCCO1. The van der Waals surface area contributed by atoms with Crippen LogP contribution in [0.3, 0.4) is 0 Å². The lowest BCUT2D eigenvalue weighted by Gasteiger charge is -2.27. The van der Waals surface area contributed by atoms with Gasteiger partial charge in [0.15, 0.2) is 5.84 Å². The van der Waals surface area contributed by atoms with Crippen LogP contribution in [0.4, 0.5) is 4.39 Å². The molecule has 1 aromatic carbocycles. The van der Waals surface area contributed by atoms with Gasteiger partial charge >= 0.3 is 0 Å². The quantitative estimate of drug-likeness (QED) is 0.377. The van der Waals surface area contributed by atoms with Gasteiger partial charge in [-0.2, -0.15) is 0 Å². The van der Waals surface area contributed by atoms with Crippen molar-refractivity contribution in [2.24, 2.45) is 10.9 Å². The minimum absolute atomic E-state index is 0.0931. The summed E-state index contributed by atoms with van der Waals surface area (Å²) in [4.78, 5) is 2.05. The lowest BCUT2D eigenvalue weighted by Crippen LogP contribution is -2.33. The van der Waals surface area contributed by atoms with Gasteiger partial charge in [-0.15, -0.1) is 0 Å². The van der Waals surface area contributed by atoms with E-state index < -0.39 is 0 Å². The molecule has 0 aliphatic carbocycles. The predicted octanol–water partition coefficient (Wildman–Crippen LogP) is 1.92. The van der Waals surface area contributed by atoms with Crippen molar-refractivity contribution in [3.63, 3.8) is 0 Å². The van der Waals surface area contributed by atoms with Gasteiger partial charge in [-0.3, -0.25) is 4.90 Å². The van der Waals surface area contributed by atoms with Crippen LogP contribution in [-0.4, -0.2) is 42.2 Å². The second-order valence-corrected chi connectivity index (χ2v) is 5.48. The van der Waals surface area contributed by atoms with Crippen LogP contribution < -0.4 is 5.73 Å². The van der Waals surface area contributed by atoms with Crippen LogP contribution in [0.2, 0.25) is 0 Å². The minimum atomic E-state index is -0.351. The first kappa shape index (κ1) is 15.7. The molecule has 0 aromatic heterocycles. The molecule has 3 N–H and O–H groups in total. The number of nitrogens with two attached hydrogens (primary N) is 1. The van der Waals surface area contributed by atoms with Crippen LogP contribution in [0.15, 0.2) is 23.4 Å². The molecule has 1 fully saturated rings. The van der Waals surface area contributed by atoms with Crippen LogP contribution >= 0.6 is 0 Å². The van der Waals surface area contributed by atoms with E-state index in [2.05, 4.69) is 10.1 Å². The second-order valence-electron chi connectivity index (χ2n) is 5.48.